The first kappa shape index (κ1) is 22.3. The number of thiazole rings is 1. The van der Waals surface area contributed by atoms with Crippen LogP contribution < -0.4 is 5.32 Å². The zero-order valence-electron chi connectivity index (χ0n) is 20.7. The molecule has 1 N–H and O–H groups in total. The summed E-state index contributed by atoms with van der Waals surface area (Å²) >= 11 is 1.69. The minimum absolute atomic E-state index is 0.0483. The van der Waals surface area contributed by atoms with Crippen LogP contribution in [0.1, 0.15) is 53.3 Å². The van der Waals surface area contributed by atoms with Crippen molar-refractivity contribution in [3.05, 3.63) is 100 Å². The number of fused-ring (bicyclic) bond motifs is 2. The molecule has 1 unspecified atom stereocenters. The summed E-state index contributed by atoms with van der Waals surface area (Å²) in [4.78, 5) is 18.3. The third kappa shape index (κ3) is 3.91. The van der Waals surface area contributed by atoms with Crippen LogP contribution in [0.5, 0.6) is 0 Å². The van der Waals surface area contributed by atoms with E-state index in [1.165, 1.54) is 11.3 Å². The summed E-state index contributed by atoms with van der Waals surface area (Å²) in [5.41, 5.74) is 6.51. The normalized spacial score (nSPS) is 15.4. The van der Waals surface area contributed by atoms with Crippen molar-refractivity contribution in [2.75, 3.05) is 0 Å². The molecule has 9 heteroatoms. The Morgan fingerprint density at radius 3 is 2.81 bits per heavy atom. The van der Waals surface area contributed by atoms with E-state index in [1.54, 1.807) is 11.3 Å². The molecule has 1 aliphatic carbocycles. The Morgan fingerprint density at radius 2 is 1.97 bits per heavy atom. The lowest BCUT2D eigenvalue weighted by atomic mass is 9.91. The number of nitrogens with zero attached hydrogens (tertiary/aromatic N) is 7. The van der Waals surface area contributed by atoms with Crippen LogP contribution in [0.15, 0.2) is 72.9 Å². The average molecular weight is 507 g/mol. The van der Waals surface area contributed by atoms with E-state index in [-0.39, 0.29) is 11.5 Å². The van der Waals surface area contributed by atoms with Crippen molar-refractivity contribution in [2.24, 2.45) is 0 Å². The molecule has 5 heterocycles. The van der Waals surface area contributed by atoms with Gasteiger partial charge < -0.3 is 5.32 Å². The summed E-state index contributed by atoms with van der Waals surface area (Å²) < 4.78 is 4.01. The van der Waals surface area contributed by atoms with E-state index in [9.17, 15) is 0 Å². The van der Waals surface area contributed by atoms with Crippen molar-refractivity contribution >= 4 is 28.0 Å². The van der Waals surface area contributed by atoms with Crippen LogP contribution in [-0.4, -0.2) is 34.1 Å². The fraction of sp³-hybridized carbons (Fsp3) is 0.250. The van der Waals surface area contributed by atoms with Crippen LogP contribution in [-0.2, 0) is 12.0 Å². The summed E-state index contributed by atoms with van der Waals surface area (Å²) in [6.45, 7) is 4.88. The predicted molar refractivity (Wildman–Crippen MR) is 144 cm³/mol. The molecule has 0 bridgehead atoms. The number of aromatic nitrogens is 7. The van der Waals surface area contributed by atoms with Gasteiger partial charge in [-0.25, -0.2) is 19.6 Å². The monoisotopic (exact) mass is 506 g/mol. The van der Waals surface area contributed by atoms with Crippen LogP contribution in [0.2, 0.25) is 0 Å². The van der Waals surface area contributed by atoms with E-state index in [0.717, 1.165) is 45.7 Å². The van der Waals surface area contributed by atoms with Gasteiger partial charge in [-0.1, -0.05) is 12.1 Å². The van der Waals surface area contributed by atoms with Crippen LogP contribution in [0.3, 0.4) is 0 Å². The Morgan fingerprint density at radius 1 is 1.08 bits per heavy atom. The molecule has 1 atom stereocenters. The second kappa shape index (κ2) is 8.57. The highest BCUT2D eigenvalue weighted by Gasteiger charge is 2.48. The Labute approximate surface area is 218 Å². The average Bonchev–Trinajstić information content (AvgIpc) is 3.25. The number of benzene rings is 1. The molecule has 0 amide bonds. The number of rotatable bonds is 7. The molecule has 6 aromatic rings. The quantitative estimate of drug-likeness (QED) is 0.322. The van der Waals surface area contributed by atoms with Gasteiger partial charge in [-0.2, -0.15) is 5.10 Å². The fourth-order valence-electron chi connectivity index (χ4n) is 5.05. The third-order valence-corrected chi connectivity index (χ3v) is 8.41. The first-order chi connectivity index (χ1) is 18.1. The Bertz CT molecular complexity index is 1740. The number of pyridine rings is 1. The summed E-state index contributed by atoms with van der Waals surface area (Å²) in [5, 5.41) is 12.5. The molecule has 0 saturated heterocycles. The third-order valence-electron chi connectivity index (χ3n) is 7.27. The lowest BCUT2D eigenvalue weighted by Crippen LogP contribution is -2.17. The second-order valence-electron chi connectivity index (χ2n) is 9.84. The molecule has 1 saturated carbocycles. The minimum Gasteiger partial charge on any atom is -0.304 e. The van der Waals surface area contributed by atoms with Crippen molar-refractivity contribution in [3.63, 3.8) is 0 Å². The molecule has 184 valence electrons. The zero-order valence-corrected chi connectivity index (χ0v) is 21.5. The highest BCUT2D eigenvalue weighted by Crippen LogP contribution is 2.53. The van der Waals surface area contributed by atoms with Crippen LogP contribution >= 0.6 is 11.3 Å². The van der Waals surface area contributed by atoms with E-state index in [1.807, 2.05) is 42.5 Å². The van der Waals surface area contributed by atoms with E-state index in [4.69, 9.17) is 0 Å². The molecule has 37 heavy (non-hydrogen) atoms. The van der Waals surface area contributed by atoms with Gasteiger partial charge >= 0.3 is 0 Å². The van der Waals surface area contributed by atoms with Crippen LogP contribution in [0, 0.1) is 6.92 Å². The summed E-state index contributed by atoms with van der Waals surface area (Å²) in [5.74, 6) is 0.703. The Hall–Kier alpha value is -3.95. The largest absolute Gasteiger partial charge is 0.304 e. The minimum atomic E-state index is -0.0483. The van der Waals surface area contributed by atoms with Crippen LogP contribution in [0.25, 0.3) is 22.4 Å². The van der Waals surface area contributed by atoms with Crippen molar-refractivity contribution < 1.29 is 0 Å². The fourth-order valence-corrected chi connectivity index (χ4v) is 5.88. The topological polar surface area (TPSA) is 85.8 Å². The number of nitrogens with one attached hydrogen (secondary N) is 1. The van der Waals surface area contributed by atoms with Gasteiger partial charge in [-0.05, 0) is 50.5 Å². The van der Waals surface area contributed by atoms with Gasteiger partial charge in [0.15, 0.2) is 0 Å². The Balaban J connectivity index is 1.16. The highest BCUT2D eigenvalue weighted by atomic mass is 32.1. The Kier molecular flexibility index (Phi) is 5.16. The smallest absolute Gasteiger partial charge is 0.234 e. The molecule has 7 rings (SSSR count). The van der Waals surface area contributed by atoms with Crippen molar-refractivity contribution in [2.45, 2.75) is 44.7 Å². The predicted octanol–water partition coefficient (Wildman–Crippen LogP) is 5.16. The standard InChI is InChI=1S/C28H26N8S/c1-18-17-37-26(34-18)19(2)30-11-20-12-33-36(15-20)23-13-31-27-32-14-25(35(27)16-23)28(7-8-28)22-5-6-24-21(10-22)4-3-9-29-24/h3-6,9-10,12-17,19,30H,7-8,11H2,1-2H3. The van der Waals surface area contributed by atoms with E-state index < -0.39 is 0 Å². The van der Waals surface area contributed by atoms with Crippen molar-refractivity contribution in [3.8, 4) is 5.69 Å². The molecule has 5 aromatic heterocycles. The van der Waals surface area contributed by atoms with Crippen LogP contribution in [0.4, 0.5) is 0 Å². The zero-order chi connectivity index (χ0) is 25.0. The van der Waals surface area contributed by atoms with Gasteiger partial charge in [0.2, 0.25) is 5.78 Å². The van der Waals surface area contributed by atoms with Gasteiger partial charge in [0.1, 0.15) is 5.01 Å². The second-order valence-corrected chi connectivity index (χ2v) is 10.7. The molecule has 1 aromatic carbocycles. The van der Waals surface area contributed by atoms with Gasteiger partial charge in [0, 0.05) is 52.6 Å². The van der Waals surface area contributed by atoms with Crippen molar-refractivity contribution in [1.82, 2.24) is 39.4 Å². The molecule has 8 nitrogen and oxygen atoms in total. The molecule has 0 aliphatic heterocycles. The highest BCUT2D eigenvalue weighted by molar-refractivity contribution is 7.09. The summed E-state index contributed by atoms with van der Waals surface area (Å²) in [7, 11) is 0. The van der Waals surface area contributed by atoms with Gasteiger partial charge in [-0.3, -0.25) is 9.38 Å². The maximum Gasteiger partial charge on any atom is 0.234 e. The van der Waals surface area contributed by atoms with E-state index in [2.05, 4.69) is 83.7 Å². The first-order valence-corrected chi connectivity index (χ1v) is 13.4. The lowest BCUT2D eigenvalue weighted by Gasteiger charge is -2.16. The summed E-state index contributed by atoms with van der Waals surface area (Å²) in [6, 6.07) is 10.9. The first-order valence-electron chi connectivity index (χ1n) is 12.5. The molecule has 0 spiro atoms. The number of imidazole rings is 1. The number of hydrogen-bond acceptors (Lipinski definition) is 7. The van der Waals surface area contributed by atoms with E-state index >= 15 is 0 Å². The van der Waals surface area contributed by atoms with Crippen molar-refractivity contribution in [1.29, 1.82) is 0 Å². The SMILES string of the molecule is Cc1csc(C(C)NCc2cnn(-c3cnc4ncc(C5(c6ccc7ncccc7c6)CC5)n4c3)c2)n1. The summed E-state index contributed by atoms with van der Waals surface area (Å²) in [6.07, 6.45) is 13.9. The molecule has 1 fully saturated rings. The van der Waals surface area contributed by atoms with Gasteiger partial charge in [-0.15, -0.1) is 11.3 Å². The molecular weight excluding hydrogens is 480 g/mol. The number of hydrogen-bond donors (Lipinski definition) is 1. The molecular formula is C28H26N8S. The van der Waals surface area contributed by atoms with Gasteiger partial charge in [0.25, 0.3) is 0 Å². The maximum atomic E-state index is 4.65. The van der Waals surface area contributed by atoms with Gasteiger partial charge in [0.05, 0.1) is 41.5 Å². The lowest BCUT2D eigenvalue weighted by molar-refractivity contribution is 0.571. The number of aryl methyl sites for hydroxylation is 1. The molecule has 1 aliphatic rings. The van der Waals surface area contributed by atoms with E-state index in [0.29, 0.717) is 12.3 Å². The molecule has 0 radical (unpaired) electrons. The maximum absolute atomic E-state index is 4.65.